The lowest BCUT2D eigenvalue weighted by atomic mass is 10.2. The van der Waals surface area contributed by atoms with Gasteiger partial charge in [-0.2, -0.15) is 0 Å². The van der Waals surface area contributed by atoms with E-state index in [2.05, 4.69) is 15.6 Å². The number of nitrogens with one attached hydrogen (secondary N) is 2. The molecule has 1 fully saturated rings. The Morgan fingerprint density at radius 3 is 2.88 bits per heavy atom. The normalized spacial score (nSPS) is 18.5. The number of hydrogen-bond acceptors (Lipinski definition) is 4. The molecule has 126 valence electrons. The molecule has 1 aliphatic heterocycles. The molecule has 1 aliphatic rings. The van der Waals surface area contributed by atoms with Gasteiger partial charge >= 0.3 is 6.03 Å². The minimum atomic E-state index is -0.259. The summed E-state index contributed by atoms with van der Waals surface area (Å²) in [4.78, 5) is 30.4. The number of hydrogen-bond donors (Lipinski definition) is 2. The van der Waals surface area contributed by atoms with Crippen LogP contribution in [0.1, 0.15) is 30.8 Å². The number of carbonyl (C=O) groups excluding carboxylic acids is 2. The molecule has 2 N–H and O–H groups in total. The molecule has 7 heteroatoms. The summed E-state index contributed by atoms with van der Waals surface area (Å²) in [6.07, 6.45) is 2.81. The first-order chi connectivity index (χ1) is 11.7. The minimum Gasteiger partial charge on any atom is -0.333 e. The smallest absolute Gasteiger partial charge is 0.315 e. The van der Waals surface area contributed by atoms with Crippen LogP contribution < -0.4 is 15.5 Å². The Kier molecular flexibility index (Phi) is 5.10. The lowest BCUT2D eigenvalue weighted by Crippen LogP contribution is -2.44. The quantitative estimate of drug-likeness (QED) is 0.876. The molecular weight excluding hydrogens is 324 g/mol. The molecule has 0 aliphatic carbocycles. The van der Waals surface area contributed by atoms with Crippen LogP contribution in [0.5, 0.6) is 0 Å². The van der Waals surface area contributed by atoms with E-state index >= 15 is 0 Å². The van der Waals surface area contributed by atoms with Crippen LogP contribution >= 0.6 is 11.3 Å². The van der Waals surface area contributed by atoms with Crippen molar-refractivity contribution in [2.45, 2.75) is 31.8 Å². The Morgan fingerprint density at radius 2 is 2.21 bits per heavy atom. The molecule has 0 bridgehead atoms. The zero-order chi connectivity index (χ0) is 16.9. The van der Waals surface area contributed by atoms with Crippen molar-refractivity contribution in [2.75, 3.05) is 11.4 Å². The fourth-order valence-corrected chi connectivity index (χ4v) is 3.56. The van der Waals surface area contributed by atoms with E-state index in [9.17, 15) is 9.59 Å². The van der Waals surface area contributed by atoms with Gasteiger partial charge in [-0.3, -0.25) is 4.79 Å². The molecule has 0 saturated carbocycles. The summed E-state index contributed by atoms with van der Waals surface area (Å²) >= 11 is 1.52. The number of benzene rings is 1. The van der Waals surface area contributed by atoms with E-state index in [-0.39, 0.29) is 24.0 Å². The number of amides is 3. The number of aromatic nitrogens is 1. The second kappa shape index (κ2) is 7.44. The number of anilines is 1. The van der Waals surface area contributed by atoms with Gasteiger partial charge in [-0.05, 0) is 18.6 Å². The molecule has 3 amide bonds. The van der Waals surface area contributed by atoms with Crippen molar-refractivity contribution < 1.29 is 9.59 Å². The molecule has 3 rings (SSSR count). The van der Waals surface area contributed by atoms with Crippen LogP contribution in [0.25, 0.3) is 0 Å². The summed E-state index contributed by atoms with van der Waals surface area (Å²) in [5.74, 6) is 0.0264. The third kappa shape index (κ3) is 3.73. The lowest BCUT2D eigenvalue weighted by molar-refractivity contribution is -0.117. The lowest BCUT2D eigenvalue weighted by Gasteiger charge is -2.19. The van der Waals surface area contributed by atoms with E-state index in [1.807, 2.05) is 42.6 Å². The van der Waals surface area contributed by atoms with Crippen molar-refractivity contribution in [2.24, 2.45) is 0 Å². The first kappa shape index (κ1) is 16.4. The van der Waals surface area contributed by atoms with E-state index in [1.165, 1.54) is 11.3 Å². The van der Waals surface area contributed by atoms with Gasteiger partial charge in [0, 0.05) is 30.2 Å². The standard InChI is InChI=1S/C17H20N4O2S/c1-2-14(16-18-8-9-24-16)20-17(23)19-12-10-15(22)21(11-12)13-6-4-3-5-7-13/h3-9,12,14H,2,10-11H2,1H3,(H2,19,20,23)/t12-,14-/m0/s1. The summed E-state index contributed by atoms with van der Waals surface area (Å²) in [5, 5.41) is 8.62. The van der Waals surface area contributed by atoms with Crippen molar-refractivity contribution in [1.29, 1.82) is 0 Å². The van der Waals surface area contributed by atoms with Crippen LogP contribution in [-0.4, -0.2) is 29.5 Å². The largest absolute Gasteiger partial charge is 0.333 e. The molecular formula is C17H20N4O2S. The van der Waals surface area contributed by atoms with Crippen LogP contribution in [0.2, 0.25) is 0 Å². The summed E-state index contributed by atoms with van der Waals surface area (Å²) < 4.78 is 0. The van der Waals surface area contributed by atoms with Crippen LogP contribution in [0.4, 0.5) is 10.5 Å². The van der Waals surface area contributed by atoms with Crippen LogP contribution in [0.15, 0.2) is 41.9 Å². The summed E-state index contributed by atoms with van der Waals surface area (Å²) in [5.41, 5.74) is 0.862. The molecule has 2 aromatic rings. The fourth-order valence-electron chi connectivity index (χ4n) is 2.79. The SMILES string of the molecule is CC[C@H](NC(=O)N[C@H]1CC(=O)N(c2ccccc2)C1)c1nccs1. The highest BCUT2D eigenvalue weighted by atomic mass is 32.1. The number of rotatable bonds is 5. The Hall–Kier alpha value is -2.41. The van der Waals surface area contributed by atoms with Crippen molar-refractivity contribution in [3.8, 4) is 0 Å². The number of nitrogens with zero attached hydrogens (tertiary/aromatic N) is 2. The predicted octanol–water partition coefficient (Wildman–Crippen LogP) is 2.70. The van der Waals surface area contributed by atoms with Crippen molar-refractivity contribution in [3.63, 3.8) is 0 Å². The maximum Gasteiger partial charge on any atom is 0.315 e. The van der Waals surface area contributed by atoms with Crippen molar-refractivity contribution in [1.82, 2.24) is 15.6 Å². The summed E-state index contributed by atoms with van der Waals surface area (Å²) in [7, 11) is 0. The molecule has 0 radical (unpaired) electrons. The van der Waals surface area contributed by atoms with Crippen LogP contribution in [-0.2, 0) is 4.79 Å². The van der Waals surface area contributed by atoms with Crippen molar-refractivity contribution >= 4 is 29.0 Å². The van der Waals surface area contributed by atoms with Gasteiger partial charge in [0.1, 0.15) is 5.01 Å². The van der Waals surface area contributed by atoms with Crippen LogP contribution in [0.3, 0.4) is 0 Å². The topological polar surface area (TPSA) is 74.3 Å². The van der Waals surface area contributed by atoms with E-state index in [0.717, 1.165) is 17.1 Å². The molecule has 6 nitrogen and oxygen atoms in total. The Balaban J connectivity index is 1.57. The summed E-state index contributed by atoms with van der Waals surface area (Å²) in [6, 6.07) is 8.96. The van der Waals surface area contributed by atoms with E-state index in [4.69, 9.17) is 0 Å². The second-order valence-corrected chi connectivity index (χ2v) is 6.62. The second-order valence-electron chi connectivity index (χ2n) is 5.69. The molecule has 0 unspecified atom stereocenters. The molecule has 1 aromatic carbocycles. The molecule has 0 spiro atoms. The van der Waals surface area contributed by atoms with Gasteiger partial charge in [-0.15, -0.1) is 11.3 Å². The Labute approximate surface area is 144 Å². The molecule has 24 heavy (non-hydrogen) atoms. The van der Waals surface area contributed by atoms with Gasteiger partial charge in [-0.25, -0.2) is 9.78 Å². The Bertz CT molecular complexity index is 690. The van der Waals surface area contributed by atoms with Crippen LogP contribution in [0, 0.1) is 0 Å². The van der Waals surface area contributed by atoms with Gasteiger partial charge in [-0.1, -0.05) is 25.1 Å². The Morgan fingerprint density at radius 1 is 1.42 bits per heavy atom. The average molecular weight is 344 g/mol. The first-order valence-electron chi connectivity index (χ1n) is 7.99. The van der Waals surface area contributed by atoms with E-state index in [1.54, 1.807) is 11.1 Å². The first-order valence-corrected chi connectivity index (χ1v) is 8.87. The van der Waals surface area contributed by atoms with Gasteiger partial charge in [0.2, 0.25) is 5.91 Å². The monoisotopic (exact) mass is 344 g/mol. The summed E-state index contributed by atoms with van der Waals surface area (Å²) in [6.45, 7) is 2.49. The number of urea groups is 1. The zero-order valence-electron chi connectivity index (χ0n) is 13.4. The predicted molar refractivity (Wildman–Crippen MR) is 94.0 cm³/mol. The molecule has 1 saturated heterocycles. The molecule has 2 heterocycles. The highest BCUT2D eigenvalue weighted by Crippen LogP contribution is 2.21. The zero-order valence-corrected chi connectivity index (χ0v) is 14.3. The number of para-hydroxylation sites is 1. The maximum atomic E-state index is 12.2. The number of carbonyl (C=O) groups is 2. The average Bonchev–Trinajstić information content (AvgIpc) is 3.23. The third-order valence-corrected chi connectivity index (χ3v) is 4.88. The van der Waals surface area contributed by atoms with E-state index < -0.39 is 0 Å². The third-order valence-electron chi connectivity index (χ3n) is 3.99. The number of thiazole rings is 1. The van der Waals surface area contributed by atoms with Gasteiger partial charge in [0.05, 0.1) is 12.1 Å². The van der Waals surface area contributed by atoms with Gasteiger partial charge in [0.25, 0.3) is 0 Å². The highest BCUT2D eigenvalue weighted by Gasteiger charge is 2.31. The molecule has 2 atom stereocenters. The van der Waals surface area contributed by atoms with Gasteiger partial charge in [0.15, 0.2) is 0 Å². The minimum absolute atomic E-state index is 0.0264. The highest BCUT2D eigenvalue weighted by molar-refractivity contribution is 7.09. The maximum absolute atomic E-state index is 12.2. The van der Waals surface area contributed by atoms with Gasteiger partial charge < -0.3 is 15.5 Å². The molecule has 1 aromatic heterocycles. The van der Waals surface area contributed by atoms with Crippen molar-refractivity contribution in [3.05, 3.63) is 46.9 Å². The fraction of sp³-hybridized carbons (Fsp3) is 0.353. The van der Waals surface area contributed by atoms with E-state index in [0.29, 0.717) is 13.0 Å².